The van der Waals surface area contributed by atoms with Crippen LogP contribution in [-0.2, 0) is 9.53 Å². The average molecular weight is 371 g/mol. The fourth-order valence-corrected chi connectivity index (χ4v) is 4.70. The number of rotatable bonds is 6. The van der Waals surface area contributed by atoms with E-state index >= 15 is 0 Å². The van der Waals surface area contributed by atoms with Crippen molar-refractivity contribution in [3.63, 3.8) is 0 Å². The molecule has 1 aliphatic carbocycles. The number of piperidine rings is 1. The predicted octanol–water partition coefficient (Wildman–Crippen LogP) is 3.45. The molecule has 4 heteroatoms. The number of hydrogen-bond acceptors (Lipinski definition) is 3. The number of aryl methyl sites for hydroxylation is 1. The summed E-state index contributed by atoms with van der Waals surface area (Å²) in [5, 5.41) is 0. The molecule has 1 saturated carbocycles. The lowest BCUT2D eigenvalue weighted by atomic mass is 9.89. The summed E-state index contributed by atoms with van der Waals surface area (Å²) >= 11 is 0. The minimum atomic E-state index is 0.372. The van der Waals surface area contributed by atoms with E-state index in [0.717, 1.165) is 64.1 Å². The highest BCUT2D eigenvalue weighted by Gasteiger charge is 2.35. The average Bonchev–Trinajstić information content (AvgIpc) is 3.53. The van der Waals surface area contributed by atoms with Crippen molar-refractivity contribution in [2.24, 2.45) is 11.8 Å². The molecule has 3 fully saturated rings. The lowest BCUT2D eigenvalue weighted by Crippen LogP contribution is -2.44. The molecule has 0 aromatic heterocycles. The Bertz CT molecular complexity index is 612. The van der Waals surface area contributed by atoms with Crippen molar-refractivity contribution in [1.82, 2.24) is 9.80 Å². The van der Waals surface area contributed by atoms with Gasteiger partial charge in [0.15, 0.2) is 0 Å². The Morgan fingerprint density at radius 1 is 1.04 bits per heavy atom. The maximum atomic E-state index is 13.0. The predicted molar refractivity (Wildman–Crippen MR) is 108 cm³/mol. The van der Waals surface area contributed by atoms with Gasteiger partial charge in [-0.1, -0.05) is 29.8 Å². The molecule has 1 aromatic carbocycles. The van der Waals surface area contributed by atoms with E-state index in [1.54, 1.807) is 0 Å². The first-order valence-electron chi connectivity index (χ1n) is 10.8. The number of nitrogens with zero attached hydrogens (tertiary/aromatic N) is 2. The molecule has 148 valence electrons. The molecule has 1 unspecified atom stereocenters. The number of likely N-dealkylation sites (tertiary alicyclic amines) is 1. The zero-order valence-electron chi connectivity index (χ0n) is 16.7. The van der Waals surface area contributed by atoms with E-state index < -0.39 is 0 Å². The van der Waals surface area contributed by atoms with Crippen LogP contribution < -0.4 is 0 Å². The van der Waals surface area contributed by atoms with Crippen molar-refractivity contribution in [2.45, 2.75) is 44.9 Å². The van der Waals surface area contributed by atoms with Crippen LogP contribution in [0.4, 0.5) is 0 Å². The van der Waals surface area contributed by atoms with Crippen molar-refractivity contribution >= 4 is 5.91 Å². The Hall–Kier alpha value is -1.39. The molecule has 0 spiro atoms. The summed E-state index contributed by atoms with van der Waals surface area (Å²) < 4.78 is 5.45. The van der Waals surface area contributed by atoms with Crippen LogP contribution in [0.1, 0.15) is 49.1 Å². The first kappa shape index (κ1) is 18.9. The van der Waals surface area contributed by atoms with Gasteiger partial charge in [0.1, 0.15) is 0 Å². The standard InChI is InChI=1S/C23H34N2O2/c1-18-2-4-20(5-3-18)22(21-6-7-21)16-23(26)25-10-8-19(9-11-25)17-24-12-14-27-15-13-24/h2-5,19,21-22H,6-17H2,1H3. The fraction of sp³-hybridized carbons (Fsp3) is 0.696. The molecular formula is C23H34N2O2. The van der Waals surface area contributed by atoms with Gasteiger partial charge < -0.3 is 9.64 Å². The van der Waals surface area contributed by atoms with Gasteiger partial charge in [-0.3, -0.25) is 9.69 Å². The summed E-state index contributed by atoms with van der Waals surface area (Å²) in [6, 6.07) is 8.85. The number of hydrogen-bond donors (Lipinski definition) is 0. The summed E-state index contributed by atoms with van der Waals surface area (Å²) in [6.07, 6.45) is 5.58. The van der Waals surface area contributed by atoms with Crippen LogP contribution in [0.5, 0.6) is 0 Å². The second-order valence-corrected chi connectivity index (χ2v) is 8.80. The van der Waals surface area contributed by atoms with Gasteiger partial charge in [0.05, 0.1) is 13.2 Å². The topological polar surface area (TPSA) is 32.8 Å². The van der Waals surface area contributed by atoms with Crippen LogP contribution in [0, 0.1) is 18.8 Å². The molecule has 2 saturated heterocycles. The molecule has 4 rings (SSSR count). The highest BCUT2D eigenvalue weighted by Crippen LogP contribution is 2.44. The van der Waals surface area contributed by atoms with Crippen LogP contribution in [0.15, 0.2) is 24.3 Å². The first-order chi connectivity index (χ1) is 13.2. The van der Waals surface area contributed by atoms with E-state index in [4.69, 9.17) is 4.74 Å². The zero-order chi connectivity index (χ0) is 18.6. The minimum Gasteiger partial charge on any atom is -0.379 e. The van der Waals surface area contributed by atoms with E-state index in [2.05, 4.69) is 41.0 Å². The lowest BCUT2D eigenvalue weighted by Gasteiger charge is -2.36. The third kappa shape index (κ3) is 5.11. The van der Waals surface area contributed by atoms with Gasteiger partial charge in [0, 0.05) is 39.1 Å². The number of amides is 1. The van der Waals surface area contributed by atoms with Crippen molar-refractivity contribution in [1.29, 1.82) is 0 Å². The van der Waals surface area contributed by atoms with Gasteiger partial charge in [-0.2, -0.15) is 0 Å². The molecule has 0 N–H and O–H groups in total. The van der Waals surface area contributed by atoms with Crippen LogP contribution in [0.25, 0.3) is 0 Å². The summed E-state index contributed by atoms with van der Waals surface area (Å²) in [5.41, 5.74) is 2.65. The Balaban J connectivity index is 1.27. The number of carbonyl (C=O) groups is 1. The highest BCUT2D eigenvalue weighted by molar-refractivity contribution is 5.77. The van der Waals surface area contributed by atoms with E-state index in [1.165, 1.54) is 30.5 Å². The van der Waals surface area contributed by atoms with Gasteiger partial charge >= 0.3 is 0 Å². The maximum absolute atomic E-state index is 13.0. The van der Waals surface area contributed by atoms with Crippen LogP contribution >= 0.6 is 0 Å². The summed E-state index contributed by atoms with van der Waals surface area (Å²) in [7, 11) is 0. The Morgan fingerprint density at radius 2 is 1.70 bits per heavy atom. The molecule has 0 bridgehead atoms. The van der Waals surface area contributed by atoms with Crippen molar-refractivity contribution < 1.29 is 9.53 Å². The number of benzene rings is 1. The van der Waals surface area contributed by atoms with Crippen LogP contribution in [-0.4, -0.2) is 61.6 Å². The molecule has 1 amide bonds. The SMILES string of the molecule is Cc1ccc(C(CC(=O)N2CCC(CN3CCOCC3)CC2)C2CC2)cc1. The highest BCUT2D eigenvalue weighted by atomic mass is 16.5. The van der Waals surface area contributed by atoms with Crippen molar-refractivity contribution in [3.05, 3.63) is 35.4 Å². The second kappa shape index (κ2) is 8.74. The summed E-state index contributed by atoms with van der Waals surface area (Å²) in [5.74, 6) is 2.25. The summed E-state index contributed by atoms with van der Waals surface area (Å²) in [4.78, 5) is 17.6. The normalized spacial score (nSPS) is 23.4. The largest absolute Gasteiger partial charge is 0.379 e. The lowest BCUT2D eigenvalue weighted by molar-refractivity contribution is -0.133. The number of carbonyl (C=O) groups excluding carboxylic acids is 1. The zero-order valence-corrected chi connectivity index (χ0v) is 16.7. The van der Waals surface area contributed by atoms with Crippen molar-refractivity contribution in [2.75, 3.05) is 45.9 Å². The number of morpholine rings is 1. The molecule has 4 nitrogen and oxygen atoms in total. The Labute approximate surface area is 163 Å². The Kier molecular flexibility index (Phi) is 6.14. The van der Waals surface area contributed by atoms with E-state index in [0.29, 0.717) is 18.2 Å². The monoisotopic (exact) mass is 370 g/mol. The third-order valence-electron chi connectivity index (χ3n) is 6.68. The van der Waals surface area contributed by atoms with Gasteiger partial charge in [0.25, 0.3) is 0 Å². The Morgan fingerprint density at radius 3 is 2.33 bits per heavy atom. The van der Waals surface area contributed by atoms with Crippen LogP contribution in [0.3, 0.4) is 0 Å². The van der Waals surface area contributed by atoms with E-state index in [9.17, 15) is 4.79 Å². The third-order valence-corrected chi connectivity index (χ3v) is 6.68. The van der Waals surface area contributed by atoms with Gasteiger partial charge in [-0.05, 0) is 55.9 Å². The number of ether oxygens (including phenoxy) is 1. The van der Waals surface area contributed by atoms with Crippen molar-refractivity contribution in [3.8, 4) is 0 Å². The quantitative estimate of drug-likeness (QED) is 0.769. The maximum Gasteiger partial charge on any atom is 0.223 e. The van der Waals surface area contributed by atoms with E-state index in [1.807, 2.05) is 0 Å². The fourth-order valence-electron chi connectivity index (χ4n) is 4.70. The molecule has 2 aliphatic heterocycles. The molecule has 3 aliphatic rings. The first-order valence-corrected chi connectivity index (χ1v) is 10.8. The van der Waals surface area contributed by atoms with Gasteiger partial charge in [-0.25, -0.2) is 0 Å². The molecule has 1 atom stereocenters. The molecular weight excluding hydrogens is 336 g/mol. The molecule has 0 radical (unpaired) electrons. The summed E-state index contributed by atoms with van der Waals surface area (Å²) in [6.45, 7) is 9.08. The second-order valence-electron chi connectivity index (χ2n) is 8.80. The molecule has 27 heavy (non-hydrogen) atoms. The molecule has 1 aromatic rings. The van der Waals surface area contributed by atoms with Gasteiger partial charge in [-0.15, -0.1) is 0 Å². The van der Waals surface area contributed by atoms with Crippen LogP contribution in [0.2, 0.25) is 0 Å². The molecule has 2 heterocycles. The smallest absolute Gasteiger partial charge is 0.223 e. The van der Waals surface area contributed by atoms with Gasteiger partial charge in [0.2, 0.25) is 5.91 Å². The van der Waals surface area contributed by atoms with E-state index in [-0.39, 0.29) is 0 Å². The minimum absolute atomic E-state index is 0.372.